The number of hydrogen-bond donors (Lipinski definition) is 3. The van der Waals surface area contributed by atoms with Gasteiger partial charge in [-0.1, -0.05) is 17.8 Å². The third-order valence-corrected chi connectivity index (χ3v) is 3.08. The highest BCUT2D eigenvalue weighted by Crippen LogP contribution is 2.16. The molecule has 0 fully saturated rings. The molecule has 104 valence electrons. The fraction of sp³-hybridized carbons (Fsp3) is 0.385. The summed E-state index contributed by atoms with van der Waals surface area (Å²) in [7, 11) is 0. The Morgan fingerprint density at radius 2 is 1.89 bits per heavy atom. The van der Waals surface area contributed by atoms with E-state index < -0.39 is 0 Å². The predicted octanol–water partition coefficient (Wildman–Crippen LogP) is 2.01. The minimum atomic E-state index is -0.0796. The number of nitrogens with zero attached hydrogens (tertiary/aromatic N) is 1. The fourth-order valence-electron chi connectivity index (χ4n) is 1.58. The summed E-state index contributed by atoms with van der Waals surface area (Å²) in [6.07, 6.45) is 0.833. The lowest BCUT2D eigenvalue weighted by atomic mass is 10.1. The van der Waals surface area contributed by atoms with Crippen LogP contribution >= 0.6 is 11.8 Å². The van der Waals surface area contributed by atoms with E-state index in [0.717, 1.165) is 17.9 Å². The first kappa shape index (κ1) is 15.4. The molecule has 6 heteroatoms. The van der Waals surface area contributed by atoms with Gasteiger partial charge in [0.25, 0.3) is 0 Å². The van der Waals surface area contributed by atoms with E-state index in [1.165, 1.54) is 22.9 Å². The summed E-state index contributed by atoms with van der Waals surface area (Å²) in [4.78, 5) is 3.63. The number of ether oxygens (including phenoxy) is 1. The normalized spacial score (nSPS) is 10.0. The fourth-order valence-corrected chi connectivity index (χ4v) is 2.21. The molecular weight excluding hydrogens is 260 g/mol. The highest BCUT2D eigenvalue weighted by molar-refractivity contribution is 8.13. The summed E-state index contributed by atoms with van der Waals surface area (Å²) in [5, 5.41) is 7.58. The summed E-state index contributed by atoms with van der Waals surface area (Å²) in [5.41, 5.74) is 12.7. The van der Waals surface area contributed by atoms with Crippen LogP contribution in [0, 0.1) is 19.3 Å². The average Bonchev–Trinajstić information content (AvgIpc) is 2.26. The summed E-state index contributed by atoms with van der Waals surface area (Å²) >= 11 is 1.30. The largest absolute Gasteiger partial charge is 0.494 e. The van der Waals surface area contributed by atoms with E-state index in [1.807, 2.05) is 26.0 Å². The van der Waals surface area contributed by atoms with Gasteiger partial charge in [-0.05, 0) is 43.5 Å². The van der Waals surface area contributed by atoms with Crippen molar-refractivity contribution in [1.82, 2.24) is 0 Å². The second kappa shape index (κ2) is 7.68. The van der Waals surface area contributed by atoms with Gasteiger partial charge >= 0.3 is 0 Å². The van der Waals surface area contributed by atoms with Crippen LogP contribution in [0.4, 0.5) is 0 Å². The number of thioether (sulfide) groups is 1. The van der Waals surface area contributed by atoms with Crippen molar-refractivity contribution >= 4 is 22.9 Å². The van der Waals surface area contributed by atoms with Crippen molar-refractivity contribution in [2.24, 2.45) is 16.5 Å². The lowest BCUT2D eigenvalue weighted by Gasteiger charge is -2.07. The van der Waals surface area contributed by atoms with Crippen LogP contribution < -0.4 is 16.2 Å². The van der Waals surface area contributed by atoms with E-state index in [1.54, 1.807) is 0 Å². The molecule has 0 saturated heterocycles. The van der Waals surface area contributed by atoms with Crippen LogP contribution in [-0.4, -0.2) is 23.5 Å². The smallest absolute Gasteiger partial charge is 0.193 e. The van der Waals surface area contributed by atoms with Crippen LogP contribution in [0.3, 0.4) is 0 Å². The first-order valence-electron chi connectivity index (χ1n) is 5.99. The molecule has 1 aromatic rings. The molecule has 0 amide bonds. The van der Waals surface area contributed by atoms with E-state index in [-0.39, 0.29) is 11.1 Å². The molecule has 0 spiro atoms. The van der Waals surface area contributed by atoms with Gasteiger partial charge in [0.2, 0.25) is 0 Å². The average molecular weight is 280 g/mol. The number of benzene rings is 1. The summed E-state index contributed by atoms with van der Waals surface area (Å²) < 4.78 is 5.66. The highest BCUT2D eigenvalue weighted by atomic mass is 32.2. The topological polar surface area (TPSA) is 97.5 Å². The summed E-state index contributed by atoms with van der Waals surface area (Å²) in [5.74, 6) is 1.56. The van der Waals surface area contributed by atoms with Crippen LogP contribution in [0.15, 0.2) is 23.2 Å². The molecule has 0 unspecified atom stereocenters. The molecule has 0 radical (unpaired) electrons. The number of hydrogen-bond acceptors (Lipinski definition) is 3. The van der Waals surface area contributed by atoms with Gasteiger partial charge in [-0.2, -0.15) is 4.99 Å². The molecule has 0 aliphatic heterocycles. The number of nitrogens with one attached hydrogen (secondary N) is 1. The molecule has 1 aromatic carbocycles. The van der Waals surface area contributed by atoms with Gasteiger partial charge in [0.05, 0.1) is 6.61 Å². The maximum atomic E-state index is 7.45. The molecule has 0 aliphatic carbocycles. The van der Waals surface area contributed by atoms with Crippen LogP contribution in [0.5, 0.6) is 5.75 Å². The van der Waals surface area contributed by atoms with E-state index in [9.17, 15) is 0 Å². The van der Waals surface area contributed by atoms with Gasteiger partial charge < -0.3 is 16.2 Å². The van der Waals surface area contributed by atoms with Crippen molar-refractivity contribution in [3.8, 4) is 5.75 Å². The number of nitrogens with two attached hydrogens (primary N) is 2. The Hall–Kier alpha value is -1.69. The molecule has 0 atom stereocenters. The molecule has 0 saturated carbocycles. The van der Waals surface area contributed by atoms with Crippen LogP contribution in [-0.2, 0) is 0 Å². The Bertz CT molecular complexity index is 449. The van der Waals surface area contributed by atoms with E-state index in [4.69, 9.17) is 21.6 Å². The van der Waals surface area contributed by atoms with Gasteiger partial charge in [-0.25, -0.2) is 0 Å². The first-order valence-corrected chi connectivity index (χ1v) is 6.98. The zero-order valence-corrected chi connectivity index (χ0v) is 12.1. The summed E-state index contributed by atoms with van der Waals surface area (Å²) in [6.45, 7) is 4.71. The van der Waals surface area contributed by atoms with E-state index >= 15 is 0 Å². The van der Waals surface area contributed by atoms with Crippen molar-refractivity contribution in [2.75, 3.05) is 12.4 Å². The number of rotatable bonds is 5. The number of aryl methyl sites for hydroxylation is 2. The maximum absolute atomic E-state index is 7.45. The van der Waals surface area contributed by atoms with Crippen LogP contribution in [0.25, 0.3) is 0 Å². The number of aliphatic imine (C=N–C) groups is 1. The third kappa shape index (κ3) is 6.71. The molecular formula is C13H20N4OS. The molecule has 0 bridgehead atoms. The minimum absolute atomic E-state index is 0.0796. The minimum Gasteiger partial charge on any atom is -0.494 e. The standard InChI is InChI=1S/C13H20N4OS/c1-9-6-10(2)8-11(7-9)18-4-3-5-19-13(16)17-12(14)15/h6-8H,3-5H2,1-2H3,(H5,14,15,16,17). The Morgan fingerprint density at radius 1 is 1.26 bits per heavy atom. The van der Waals surface area contributed by atoms with Crippen molar-refractivity contribution in [3.05, 3.63) is 29.3 Å². The Balaban J connectivity index is 2.24. The predicted molar refractivity (Wildman–Crippen MR) is 82.0 cm³/mol. The molecule has 1 rings (SSSR count). The molecule has 5 N–H and O–H groups in total. The monoisotopic (exact) mass is 280 g/mol. The SMILES string of the molecule is Cc1cc(C)cc(OCCCSC(=N)N=C(N)N)c1. The first-order chi connectivity index (χ1) is 8.97. The second-order valence-electron chi connectivity index (χ2n) is 4.22. The van der Waals surface area contributed by atoms with Crippen molar-refractivity contribution < 1.29 is 4.74 Å². The van der Waals surface area contributed by atoms with Gasteiger partial charge in [-0.15, -0.1) is 0 Å². The van der Waals surface area contributed by atoms with Gasteiger partial charge in [0.15, 0.2) is 11.1 Å². The van der Waals surface area contributed by atoms with Gasteiger partial charge in [0, 0.05) is 5.75 Å². The maximum Gasteiger partial charge on any atom is 0.193 e. The van der Waals surface area contributed by atoms with Crippen LogP contribution in [0.1, 0.15) is 17.5 Å². The lowest BCUT2D eigenvalue weighted by Crippen LogP contribution is -2.23. The Kier molecular flexibility index (Phi) is 6.21. The Labute approximate surface area is 117 Å². The van der Waals surface area contributed by atoms with Crippen molar-refractivity contribution in [2.45, 2.75) is 20.3 Å². The third-order valence-electron chi connectivity index (χ3n) is 2.22. The second-order valence-corrected chi connectivity index (χ2v) is 5.30. The summed E-state index contributed by atoms with van der Waals surface area (Å²) in [6, 6.07) is 6.14. The zero-order valence-electron chi connectivity index (χ0n) is 11.3. The van der Waals surface area contributed by atoms with E-state index in [0.29, 0.717) is 6.61 Å². The Morgan fingerprint density at radius 3 is 2.47 bits per heavy atom. The van der Waals surface area contributed by atoms with Gasteiger partial charge in [0.1, 0.15) is 5.75 Å². The molecule has 19 heavy (non-hydrogen) atoms. The van der Waals surface area contributed by atoms with E-state index in [2.05, 4.69) is 11.1 Å². The van der Waals surface area contributed by atoms with Crippen LogP contribution in [0.2, 0.25) is 0 Å². The lowest BCUT2D eigenvalue weighted by molar-refractivity contribution is 0.318. The quantitative estimate of drug-likeness (QED) is 0.436. The van der Waals surface area contributed by atoms with Gasteiger partial charge in [-0.3, -0.25) is 5.41 Å². The molecule has 5 nitrogen and oxygen atoms in total. The highest BCUT2D eigenvalue weighted by Gasteiger charge is 1.99. The molecule has 0 heterocycles. The molecule has 0 aromatic heterocycles. The van der Waals surface area contributed by atoms with Crippen molar-refractivity contribution in [3.63, 3.8) is 0 Å². The van der Waals surface area contributed by atoms with Crippen molar-refractivity contribution in [1.29, 1.82) is 5.41 Å². The molecule has 0 aliphatic rings. The number of guanidine groups is 1. The number of amidine groups is 1. The zero-order chi connectivity index (χ0) is 14.3.